The van der Waals surface area contributed by atoms with Gasteiger partial charge in [0, 0.05) is 37.8 Å². The molecule has 0 spiro atoms. The molecule has 2 aliphatic heterocycles. The SMILES string of the molecule is O=C(O)CN1CCCN(C2COc3cc(O)ccc32)CC1. The lowest BCUT2D eigenvalue weighted by Gasteiger charge is -2.26. The van der Waals surface area contributed by atoms with Crippen molar-refractivity contribution >= 4 is 5.97 Å². The third-order valence-electron chi connectivity index (χ3n) is 4.18. The molecule has 2 heterocycles. The minimum atomic E-state index is -0.770. The number of ether oxygens (including phenoxy) is 1. The van der Waals surface area contributed by atoms with Gasteiger partial charge in [-0.15, -0.1) is 0 Å². The molecular formula is C15H20N2O4. The van der Waals surface area contributed by atoms with E-state index in [2.05, 4.69) is 4.90 Å². The first kappa shape index (κ1) is 14.2. The largest absolute Gasteiger partial charge is 0.508 e. The smallest absolute Gasteiger partial charge is 0.317 e. The maximum absolute atomic E-state index is 10.8. The number of carbonyl (C=O) groups is 1. The van der Waals surface area contributed by atoms with Crippen molar-refractivity contribution in [2.24, 2.45) is 0 Å². The molecule has 1 unspecified atom stereocenters. The molecule has 0 radical (unpaired) electrons. The highest BCUT2D eigenvalue weighted by atomic mass is 16.5. The Balaban J connectivity index is 1.68. The second kappa shape index (κ2) is 5.91. The number of phenolic OH excluding ortho intramolecular Hbond substituents is 1. The highest BCUT2D eigenvalue weighted by molar-refractivity contribution is 5.69. The Morgan fingerprint density at radius 2 is 2.14 bits per heavy atom. The second-order valence-corrected chi connectivity index (χ2v) is 5.61. The summed E-state index contributed by atoms with van der Waals surface area (Å²) in [5, 5.41) is 18.4. The predicted octanol–water partition coefficient (Wildman–Crippen LogP) is 0.918. The summed E-state index contributed by atoms with van der Waals surface area (Å²) < 4.78 is 5.67. The van der Waals surface area contributed by atoms with Gasteiger partial charge < -0.3 is 14.9 Å². The van der Waals surface area contributed by atoms with Gasteiger partial charge in [0.05, 0.1) is 12.6 Å². The summed E-state index contributed by atoms with van der Waals surface area (Å²) in [7, 11) is 0. The summed E-state index contributed by atoms with van der Waals surface area (Å²) in [5.74, 6) is 0.206. The van der Waals surface area contributed by atoms with Crippen molar-refractivity contribution in [3.63, 3.8) is 0 Å². The van der Waals surface area contributed by atoms with Crippen molar-refractivity contribution in [3.8, 4) is 11.5 Å². The standard InChI is InChI=1S/C15H20N2O4/c18-11-2-3-12-13(10-21-14(12)8-11)17-5-1-4-16(6-7-17)9-15(19)20/h2-3,8,13,18H,1,4-7,9-10H2,(H,19,20). The summed E-state index contributed by atoms with van der Waals surface area (Å²) in [5.41, 5.74) is 1.11. The fourth-order valence-electron chi connectivity index (χ4n) is 3.14. The summed E-state index contributed by atoms with van der Waals surface area (Å²) >= 11 is 0. The molecule has 0 bridgehead atoms. The Bertz CT molecular complexity index is 534. The topological polar surface area (TPSA) is 73.2 Å². The van der Waals surface area contributed by atoms with E-state index in [-0.39, 0.29) is 18.3 Å². The van der Waals surface area contributed by atoms with Gasteiger partial charge in [-0.25, -0.2) is 0 Å². The first-order chi connectivity index (χ1) is 10.1. The van der Waals surface area contributed by atoms with Crippen LogP contribution in [0.1, 0.15) is 18.0 Å². The van der Waals surface area contributed by atoms with Crippen molar-refractivity contribution in [3.05, 3.63) is 23.8 Å². The monoisotopic (exact) mass is 292 g/mol. The first-order valence-electron chi connectivity index (χ1n) is 7.27. The Morgan fingerprint density at radius 3 is 2.95 bits per heavy atom. The fraction of sp³-hybridized carbons (Fsp3) is 0.533. The van der Waals surface area contributed by atoms with Crippen LogP contribution in [0.3, 0.4) is 0 Å². The fourth-order valence-corrected chi connectivity index (χ4v) is 3.14. The number of aliphatic carboxylic acids is 1. The van der Waals surface area contributed by atoms with E-state index in [1.807, 2.05) is 11.0 Å². The van der Waals surface area contributed by atoms with Crippen LogP contribution in [-0.4, -0.2) is 65.3 Å². The zero-order valence-electron chi connectivity index (χ0n) is 11.9. The van der Waals surface area contributed by atoms with E-state index in [1.165, 1.54) is 0 Å². The Hall–Kier alpha value is -1.79. The second-order valence-electron chi connectivity index (χ2n) is 5.61. The molecule has 1 atom stereocenters. The molecule has 2 aliphatic rings. The molecular weight excluding hydrogens is 272 g/mol. The van der Waals surface area contributed by atoms with Crippen LogP contribution in [0.2, 0.25) is 0 Å². The van der Waals surface area contributed by atoms with Gasteiger partial charge in [0.2, 0.25) is 0 Å². The van der Waals surface area contributed by atoms with E-state index in [1.54, 1.807) is 12.1 Å². The molecule has 6 nitrogen and oxygen atoms in total. The van der Waals surface area contributed by atoms with Crippen molar-refractivity contribution in [2.75, 3.05) is 39.3 Å². The quantitative estimate of drug-likeness (QED) is 0.863. The van der Waals surface area contributed by atoms with Crippen molar-refractivity contribution in [1.82, 2.24) is 9.80 Å². The summed E-state index contributed by atoms with van der Waals surface area (Å²) in [6.07, 6.45) is 0.956. The summed E-state index contributed by atoms with van der Waals surface area (Å²) in [6.45, 7) is 4.05. The molecule has 1 saturated heterocycles. The van der Waals surface area contributed by atoms with Gasteiger partial charge in [-0.1, -0.05) is 0 Å². The number of fused-ring (bicyclic) bond motifs is 1. The van der Waals surface area contributed by atoms with Gasteiger partial charge in [0.15, 0.2) is 0 Å². The first-order valence-corrected chi connectivity index (χ1v) is 7.27. The number of carboxylic acids is 1. The number of hydrogen-bond donors (Lipinski definition) is 2. The van der Waals surface area contributed by atoms with Crippen LogP contribution in [0.4, 0.5) is 0 Å². The highest BCUT2D eigenvalue weighted by Gasteiger charge is 2.31. The van der Waals surface area contributed by atoms with E-state index in [9.17, 15) is 9.90 Å². The normalized spacial score (nSPS) is 23.3. The molecule has 6 heteroatoms. The minimum absolute atomic E-state index is 0.111. The molecule has 0 saturated carbocycles. The predicted molar refractivity (Wildman–Crippen MR) is 76.6 cm³/mol. The van der Waals surface area contributed by atoms with E-state index in [0.717, 1.165) is 43.9 Å². The number of carboxylic acid groups (broad SMARTS) is 1. The molecule has 0 aromatic heterocycles. The van der Waals surface area contributed by atoms with E-state index < -0.39 is 5.97 Å². The van der Waals surface area contributed by atoms with Crippen LogP contribution in [0.25, 0.3) is 0 Å². The maximum atomic E-state index is 10.8. The third kappa shape index (κ3) is 3.11. The zero-order chi connectivity index (χ0) is 14.8. The maximum Gasteiger partial charge on any atom is 0.317 e. The molecule has 1 aromatic carbocycles. The highest BCUT2D eigenvalue weighted by Crippen LogP contribution is 2.38. The van der Waals surface area contributed by atoms with E-state index >= 15 is 0 Å². The van der Waals surface area contributed by atoms with Crippen LogP contribution in [0, 0.1) is 0 Å². The Labute approximate surface area is 123 Å². The number of phenols is 1. The lowest BCUT2D eigenvalue weighted by molar-refractivity contribution is -0.138. The van der Waals surface area contributed by atoms with Crippen LogP contribution in [-0.2, 0) is 4.79 Å². The number of rotatable bonds is 3. The van der Waals surface area contributed by atoms with Crippen molar-refractivity contribution in [1.29, 1.82) is 0 Å². The molecule has 3 rings (SSSR count). The molecule has 0 aliphatic carbocycles. The van der Waals surface area contributed by atoms with Gasteiger partial charge >= 0.3 is 5.97 Å². The Kier molecular flexibility index (Phi) is 3.98. The van der Waals surface area contributed by atoms with E-state index in [0.29, 0.717) is 6.61 Å². The van der Waals surface area contributed by atoms with Crippen LogP contribution in [0.15, 0.2) is 18.2 Å². The van der Waals surface area contributed by atoms with Gasteiger partial charge in [0.1, 0.15) is 18.1 Å². The van der Waals surface area contributed by atoms with Gasteiger partial charge in [-0.3, -0.25) is 14.6 Å². The zero-order valence-corrected chi connectivity index (χ0v) is 11.9. The molecule has 21 heavy (non-hydrogen) atoms. The van der Waals surface area contributed by atoms with Crippen molar-refractivity contribution in [2.45, 2.75) is 12.5 Å². The van der Waals surface area contributed by atoms with Gasteiger partial charge in [0.25, 0.3) is 0 Å². The lowest BCUT2D eigenvalue weighted by Crippen LogP contribution is -2.36. The van der Waals surface area contributed by atoms with Gasteiger partial charge in [-0.05, 0) is 18.6 Å². The molecule has 114 valence electrons. The number of benzene rings is 1. The minimum Gasteiger partial charge on any atom is -0.508 e. The molecule has 2 N–H and O–H groups in total. The molecule has 1 fully saturated rings. The van der Waals surface area contributed by atoms with Crippen LogP contribution in [0.5, 0.6) is 11.5 Å². The lowest BCUT2D eigenvalue weighted by atomic mass is 10.1. The molecule has 1 aromatic rings. The van der Waals surface area contributed by atoms with Crippen LogP contribution < -0.4 is 4.74 Å². The number of nitrogens with zero attached hydrogens (tertiary/aromatic N) is 2. The third-order valence-corrected chi connectivity index (χ3v) is 4.18. The van der Waals surface area contributed by atoms with E-state index in [4.69, 9.17) is 9.84 Å². The average molecular weight is 292 g/mol. The van der Waals surface area contributed by atoms with Crippen LogP contribution >= 0.6 is 0 Å². The number of hydrogen-bond acceptors (Lipinski definition) is 5. The Morgan fingerprint density at radius 1 is 1.29 bits per heavy atom. The summed E-state index contributed by atoms with van der Waals surface area (Å²) in [6, 6.07) is 5.46. The number of aromatic hydroxyl groups is 1. The average Bonchev–Trinajstić information content (AvgIpc) is 2.70. The summed E-state index contributed by atoms with van der Waals surface area (Å²) in [4.78, 5) is 15.1. The molecule has 0 amide bonds. The van der Waals surface area contributed by atoms with Crippen molar-refractivity contribution < 1.29 is 19.7 Å². The van der Waals surface area contributed by atoms with Gasteiger partial charge in [-0.2, -0.15) is 0 Å².